The summed E-state index contributed by atoms with van der Waals surface area (Å²) in [5, 5.41) is 9.46. The lowest BCUT2D eigenvalue weighted by Crippen LogP contribution is -2.05. The highest BCUT2D eigenvalue weighted by Gasteiger charge is 2.30. The minimum Gasteiger partial charge on any atom is -0.383 e. The monoisotopic (exact) mass is 280 g/mol. The molecule has 0 aliphatic carbocycles. The van der Waals surface area contributed by atoms with E-state index in [1.54, 1.807) is 0 Å². The second-order valence-corrected chi connectivity index (χ2v) is 3.99. The Morgan fingerprint density at radius 3 is 2.07 bits per heavy atom. The van der Waals surface area contributed by atoms with Gasteiger partial charge in [-0.3, -0.25) is 0 Å². The fourth-order valence-corrected chi connectivity index (χ4v) is 1.30. The molecule has 1 nitrogen and oxygen atoms in total. The van der Waals surface area contributed by atoms with Crippen LogP contribution in [0.5, 0.6) is 0 Å². The van der Waals surface area contributed by atoms with Crippen LogP contribution in [0.25, 0.3) is 0 Å². The van der Waals surface area contributed by atoms with Gasteiger partial charge in [-0.2, -0.15) is 13.2 Å². The van der Waals surface area contributed by atoms with Gasteiger partial charge in [-0.1, -0.05) is 34.6 Å². The highest BCUT2D eigenvalue weighted by atomic mass is 79.9. The number of halogens is 4. The molecule has 0 amide bonds. The van der Waals surface area contributed by atoms with E-state index < -0.39 is 17.8 Å². The summed E-state index contributed by atoms with van der Waals surface area (Å²) in [5.41, 5.74) is -0.372. The van der Waals surface area contributed by atoms with Crippen LogP contribution in [0.4, 0.5) is 13.2 Å². The molecule has 0 aliphatic rings. The number of hydrogen-bond acceptors (Lipinski definition) is 1. The SMILES string of the molecule is C=C(Br)C(O)c1ccc(C(F)(F)F)cc1. The summed E-state index contributed by atoms with van der Waals surface area (Å²) in [6.07, 6.45) is -5.35. The topological polar surface area (TPSA) is 20.2 Å². The number of hydrogen-bond donors (Lipinski definition) is 1. The zero-order chi connectivity index (χ0) is 11.6. The number of aliphatic hydroxyl groups is 1. The first-order chi connectivity index (χ1) is 6.82. The van der Waals surface area contributed by atoms with Crippen LogP contribution in [0.3, 0.4) is 0 Å². The van der Waals surface area contributed by atoms with Gasteiger partial charge in [0, 0.05) is 4.48 Å². The van der Waals surface area contributed by atoms with Gasteiger partial charge < -0.3 is 5.11 Å². The van der Waals surface area contributed by atoms with Gasteiger partial charge in [-0.15, -0.1) is 0 Å². The minimum atomic E-state index is -4.35. The molecule has 1 aromatic rings. The highest BCUT2D eigenvalue weighted by Crippen LogP contribution is 2.31. The molecule has 1 rings (SSSR count). The molecule has 15 heavy (non-hydrogen) atoms. The average molecular weight is 281 g/mol. The Bertz CT molecular complexity index is 356. The van der Waals surface area contributed by atoms with Gasteiger partial charge in [-0.25, -0.2) is 0 Å². The molecule has 0 aromatic heterocycles. The zero-order valence-electron chi connectivity index (χ0n) is 7.55. The standard InChI is InChI=1S/C10H8BrF3O/c1-6(11)9(15)7-2-4-8(5-3-7)10(12,13)14/h2-5,9,15H,1H2. The Morgan fingerprint density at radius 1 is 1.27 bits per heavy atom. The Kier molecular flexibility index (Phi) is 3.57. The lowest BCUT2D eigenvalue weighted by Gasteiger charge is -2.11. The van der Waals surface area contributed by atoms with Crippen molar-refractivity contribution in [1.29, 1.82) is 0 Å². The van der Waals surface area contributed by atoms with Gasteiger partial charge in [0.2, 0.25) is 0 Å². The number of alkyl halides is 3. The molecule has 0 bridgehead atoms. The van der Waals surface area contributed by atoms with Crippen molar-refractivity contribution in [2.75, 3.05) is 0 Å². The van der Waals surface area contributed by atoms with Crippen LogP contribution in [0.15, 0.2) is 35.3 Å². The average Bonchev–Trinajstić information content (AvgIpc) is 2.15. The Labute approximate surface area is 93.4 Å². The molecular formula is C10H8BrF3O. The maximum atomic E-state index is 12.2. The first kappa shape index (κ1) is 12.3. The van der Waals surface area contributed by atoms with Crippen molar-refractivity contribution in [2.45, 2.75) is 12.3 Å². The van der Waals surface area contributed by atoms with E-state index in [2.05, 4.69) is 22.5 Å². The van der Waals surface area contributed by atoms with Crippen molar-refractivity contribution in [2.24, 2.45) is 0 Å². The lowest BCUT2D eigenvalue weighted by atomic mass is 10.1. The maximum Gasteiger partial charge on any atom is 0.416 e. The molecule has 1 N–H and O–H groups in total. The summed E-state index contributed by atoms with van der Waals surface area (Å²) in [5.74, 6) is 0. The Morgan fingerprint density at radius 2 is 1.73 bits per heavy atom. The summed E-state index contributed by atoms with van der Waals surface area (Å²) in [7, 11) is 0. The summed E-state index contributed by atoms with van der Waals surface area (Å²) in [6, 6.07) is 4.29. The molecule has 0 fully saturated rings. The van der Waals surface area contributed by atoms with Gasteiger partial charge in [0.25, 0.3) is 0 Å². The smallest absolute Gasteiger partial charge is 0.383 e. The third-order valence-corrected chi connectivity index (χ3v) is 2.28. The molecule has 0 radical (unpaired) electrons. The van der Waals surface area contributed by atoms with Crippen LogP contribution in [-0.2, 0) is 6.18 Å². The third kappa shape index (κ3) is 3.07. The van der Waals surface area contributed by atoms with Gasteiger partial charge >= 0.3 is 6.18 Å². The van der Waals surface area contributed by atoms with E-state index >= 15 is 0 Å². The van der Waals surface area contributed by atoms with Crippen LogP contribution in [0.2, 0.25) is 0 Å². The van der Waals surface area contributed by atoms with Crippen molar-refractivity contribution >= 4 is 15.9 Å². The van der Waals surface area contributed by atoms with Crippen LogP contribution in [0.1, 0.15) is 17.2 Å². The molecule has 1 aromatic carbocycles. The molecule has 0 saturated carbocycles. The van der Waals surface area contributed by atoms with Gasteiger partial charge in [0.15, 0.2) is 0 Å². The van der Waals surface area contributed by atoms with Crippen LogP contribution < -0.4 is 0 Å². The first-order valence-corrected chi connectivity index (χ1v) is 4.81. The summed E-state index contributed by atoms with van der Waals surface area (Å²) >= 11 is 2.97. The Balaban J connectivity index is 2.95. The van der Waals surface area contributed by atoms with Crippen LogP contribution in [-0.4, -0.2) is 5.11 Å². The van der Waals surface area contributed by atoms with E-state index in [9.17, 15) is 18.3 Å². The summed E-state index contributed by atoms with van der Waals surface area (Å²) in [4.78, 5) is 0. The molecule has 0 spiro atoms. The normalized spacial score (nSPS) is 13.7. The largest absolute Gasteiger partial charge is 0.416 e. The molecule has 5 heteroatoms. The molecule has 0 saturated heterocycles. The number of rotatable bonds is 2. The first-order valence-electron chi connectivity index (χ1n) is 4.02. The van der Waals surface area contributed by atoms with Crippen molar-refractivity contribution in [3.63, 3.8) is 0 Å². The molecule has 82 valence electrons. The summed E-state index contributed by atoms with van der Waals surface area (Å²) in [6.45, 7) is 3.45. The van der Waals surface area contributed by atoms with Gasteiger partial charge in [-0.05, 0) is 17.7 Å². The lowest BCUT2D eigenvalue weighted by molar-refractivity contribution is -0.137. The van der Waals surface area contributed by atoms with Crippen molar-refractivity contribution < 1.29 is 18.3 Å². The van der Waals surface area contributed by atoms with E-state index in [1.165, 1.54) is 12.1 Å². The zero-order valence-corrected chi connectivity index (χ0v) is 9.14. The fourth-order valence-electron chi connectivity index (χ4n) is 1.04. The van der Waals surface area contributed by atoms with Crippen LogP contribution in [0, 0.1) is 0 Å². The van der Waals surface area contributed by atoms with Crippen LogP contribution >= 0.6 is 15.9 Å². The Hall–Kier alpha value is -0.810. The van der Waals surface area contributed by atoms with Gasteiger partial charge in [0.05, 0.1) is 5.56 Å². The third-order valence-electron chi connectivity index (χ3n) is 1.85. The van der Waals surface area contributed by atoms with E-state index in [4.69, 9.17) is 0 Å². The summed E-state index contributed by atoms with van der Waals surface area (Å²) < 4.78 is 36.9. The second kappa shape index (κ2) is 4.37. The molecule has 1 unspecified atom stereocenters. The predicted molar refractivity (Wildman–Crippen MR) is 54.5 cm³/mol. The van der Waals surface area contributed by atoms with E-state index in [-0.39, 0.29) is 0 Å². The molecule has 1 atom stereocenters. The quantitative estimate of drug-likeness (QED) is 0.877. The van der Waals surface area contributed by atoms with Crippen molar-refractivity contribution in [1.82, 2.24) is 0 Å². The highest BCUT2D eigenvalue weighted by molar-refractivity contribution is 9.11. The van der Waals surface area contributed by atoms with Gasteiger partial charge in [0.1, 0.15) is 6.10 Å². The molecular weight excluding hydrogens is 273 g/mol. The van der Waals surface area contributed by atoms with E-state index in [1.807, 2.05) is 0 Å². The predicted octanol–water partition coefficient (Wildman–Crippen LogP) is 3.65. The van der Waals surface area contributed by atoms with E-state index in [0.717, 1.165) is 12.1 Å². The molecule has 0 heterocycles. The van der Waals surface area contributed by atoms with Crippen molar-refractivity contribution in [3.8, 4) is 0 Å². The number of benzene rings is 1. The van der Waals surface area contributed by atoms with Crippen molar-refractivity contribution in [3.05, 3.63) is 46.5 Å². The fraction of sp³-hybridized carbons (Fsp3) is 0.200. The minimum absolute atomic E-state index is 0.308. The molecule has 0 aliphatic heterocycles. The number of aliphatic hydroxyl groups excluding tert-OH is 1. The maximum absolute atomic E-state index is 12.2. The second-order valence-electron chi connectivity index (χ2n) is 2.97. The van der Waals surface area contributed by atoms with E-state index in [0.29, 0.717) is 10.0 Å².